The molecule has 1 aromatic heterocycles. The molecule has 0 atom stereocenters. The predicted octanol–water partition coefficient (Wildman–Crippen LogP) is -2.06. The topological polar surface area (TPSA) is 103 Å². The fourth-order valence-corrected chi connectivity index (χ4v) is 0.890. The number of ether oxygens (including phenoxy) is 1. The molecule has 1 aromatic rings. The van der Waals surface area contributed by atoms with Gasteiger partial charge in [0.1, 0.15) is 0 Å². The second kappa shape index (κ2) is 3.95. The van der Waals surface area contributed by atoms with Gasteiger partial charge in [-0.25, -0.2) is 14.3 Å². The summed E-state index contributed by atoms with van der Waals surface area (Å²) in [7, 11) is 2.58. The lowest BCUT2D eigenvalue weighted by atomic mass is 10.7. The molecule has 0 saturated heterocycles. The zero-order valence-electron chi connectivity index (χ0n) is 8.13. The lowest BCUT2D eigenvalue weighted by molar-refractivity contribution is -0.139. The van der Waals surface area contributed by atoms with E-state index < -0.39 is 29.7 Å². The van der Waals surface area contributed by atoms with Crippen molar-refractivity contribution in [2.75, 3.05) is 6.61 Å². The van der Waals surface area contributed by atoms with Gasteiger partial charge in [0.2, 0.25) is 0 Å². The molecule has 1 heterocycles. The molecule has 82 valence electrons. The van der Waals surface area contributed by atoms with Crippen LogP contribution in [0.25, 0.3) is 0 Å². The standard InChI is InChI=1S/C7H9N3O5/c1-9-6(13)5(15-3-4(11)12)8-10(2)7(9)14/h3H2,1-2H3,(H,11,12). The van der Waals surface area contributed by atoms with Crippen LogP contribution in [0.1, 0.15) is 0 Å². The van der Waals surface area contributed by atoms with E-state index in [4.69, 9.17) is 5.11 Å². The number of nitrogens with zero attached hydrogens (tertiary/aromatic N) is 3. The smallest absolute Gasteiger partial charge is 0.347 e. The van der Waals surface area contributed by atoms with E-state index >= 15 is 0 Å². The van der Waals surface area contributed by atoms with Crippen LogP contribution in [0.15, 0.2) is 9.59 Å². The van der Waals surface area contributed by atoms with Crippen molar-refractivity contribution in [3.63, 3.8) is 0 Å². The third kappa shape index (κ3) is 2.22. The maximum Gasteiger partial charge on any atom is 0.347 e. The quantitative estimate of drug-likeness (QED) is 0.622. The average molecular weight is 215 g/mol. The monoisotopic (exact) mass is 215 g/mol. The fourth-order valence-electron chi connectivity index (χ4n) is 0.890. The first-order valence-corrected chi connectivity index (χ1v) is 3.92. The minimum absolute atomic E-state index is 0.415. The van der Waals surface area contributed by atoms with Crippen molar-refractivity contribution in [3.8, 4) is 5.88 Å². The summed E-state index contributed by atoms with van der Waals surface area (Å²) in [5.41, 5.74) is -1.37. The first kappa shape index (κ1) is 11.0. The van der Waals surface area contributed by atoms with Gasteiger partial charge in [-0.1, -0.05) is 0 Å². The van der Waals surface area contributed by atoms with Crippen LogP contribution in [0.5, 0.6) is 5.88 Å². The van der Waals surface area contributed by atoms with Crippen LogP contribution in [-0.2, 0) is 18.9 Å². The number of carboxylic acid groups (broad SMARTS) is 1. The molecule has 1 N–H and O–H groups in total. The first-order chi connectivity index (χ1) is 6.93. The van der Waals surface area contributed by atoms with Crippen LogP contribution < -0.4 is 16.0 Å². The number of hydrogen-bond acceptors (Lipinski definition) is 5. The van der Waals surface area contributed by atoms with Crippen molar-refractivity contribution >= 4 is 5.97 Å². The highest BCUT2D eigenvalue weighted by Gasteiger charge is 2.10. The van der Waals surface area contributed by atoms with Gasteiger partial charge in [-0.15, -0.1) is 5.10 Å². The van der Waals surface area contributed by atoms with Crippen LogP contribution in [-0.4, -0.2) is 32.0 Å². The van der Waals surface area contributed by atoms with Crippen LogP contribution >= 0.6 is 0 Å². The van der Waals surface area contributed by atoms with Gasteiger partial charge < -0.3 is 9.84 Å². The molecule has 0 amide bonds. The molecule has 15 heavy (non-hydrogen) atoms. The Balaban J connectivity index is 3.16. The molecule has 0 aliphatic rings. The summed E-state index contributed by atoms with van der Waals surface area (Å²) < 4.78 is 6.28. The van der Waals surface area contributed by atoms with Crippen molar-refractivity contribution in [2.45, 2.75) is 0 Å². The van der Waals surface area contributed by atoms with Crippen LogP contribution in [0, 0.1) is 0 Å². The Morgan fingerprint density at radius 2 is 2.07 bits per heavy atom. The molecule has 0 bridgehead atoms. The van der Waals surface area contributed by atoms with Crippen molar-refractivity contribution in [1.82, 2.24) is 14.3 Å². The number of aromatic nitrogens is 3. The number of hydrogen-bond donors (Lipinski definition) is 1. The lowest BCUT2D eigenvalue weighted by Gasteiger charge is -2.04. The van der Waals surface area contributed by atoms with Gasteiger partial charge in [-0.2, -0.15) is 0 Å². The van der Waals surface area contributed by atoms with E-state index in [9.17, 15) is 14.4 Å². The summed E-state index contributed by atoms with van der Waals surface area (Å²) in [6, 6.07) is 0. The summed E-state index contributed by atoms with van der Waals surface area (Å²) in [6.07, 6.45) is 0. The summed E-state index contributed by atoms with van der Waals surface area (Å²) in [6.45, 7) is -0.680. The Bertz CT molecular complexity index is 500. The molecule has 1 rings (SSSR count). The highest BCUT2D eigenvalue weighted by molar-refractivity contribution is 5.68. The van der Waals surface area contributed by atoms with Crippen molar-refractivity contribution in [3.05, 3.63) is 20.8 Å². The number of carboxylic acids is 1. The Kier molecular flexibility index (Phi) is 2.88. The average Bonchev–Trinajstić information content (AvgIpc) is 2.18. The zero-order valence-corrected chi connectivity index (χ0v) is 8.13. The first-order valence-electron chi connectivity index (χ1n) is 3.92. The Hall–Kier alpha value is -2.12. The van der Waals surface area contributed by atoms with Crippen LogP contribution in [0.3, 0.4) is 0 Å². The van der Waals surface area contributed by atoms with E-state index in [0.717, 1.165) is 9.25 Å². The van der Waals surface area contributed by atoms with E-state index in [-0.39, 0.29) is 0 Å². The molecule has 8 heteroatoms. The third-order valence-corrected chi connectivity index (χ3v) is 1.62. The number of aryl methyl sites for hydroxylation is 1. The molecular weight excluding hydrogens is 206 g/mol. The Labute approximate surface area is 83.3 Å². The molecule has 0 fully saturated rings. The van der Waals surface area contributed by atoms with E-state index in [0.29, 0.717) is 0 Å². The highest BCUT2D eigenvalue weighted by atomic mass is 16.5. The molecular formula is C7H9N3O5. The van der Waals surface area contributed by atoms with Crippen LogP contribution in [0.2, 0.25) is 0 Å². The second-order valence-electron chi connectivity index (χ2n) is 2.76. The van der Waals surface area contributed by atoms with Gasteiger partial charge >= 0.3 is 17.2 Å². The molecule has 0 aliphatic carbocycles. The van der Waals surface area contributed by atoms with Gasteiger partial charge in [0.15, 0.2) is 6.61 Å². The van der Waals surface area contributed by atoms with Crippen molar-refractivity contribution < 1.29 is 14.6 Å². The summed E-state index contributed by atoms with van der Waals surface area (Å²) in [5.74, 6) is -1.64. The molecule has 0 aliphatic heterocycles. The predicted molar refractivity (Wildman–Crippen MR) is 47.8 cm³/mol. The Morgan fingerprint density at radius 1 is 1.47 bits per heavy atom. The minimum atomic E-state index is -1.23. The SMILES string of the molecule is Cn1nc(OCC(=O)O)c(=O)n(C)c1=O. The normalized spacial score (nSPS) is 10.0. The zero-order chi connectivity index (χ0) is 11.6. The van der Waals surface area contributed by atoms with Crippen molar-refractivity contribution in [1.29, 1.82) is 0 Å². The Morgan fingerprint density at radius 3 is 2.60 bits per heavy atom. The second-order valence-corrected chi connectivity index (χ2v) is 2.76. The summed E-state index contributed by atoms with van der Waals surface area (Å²) in [5, 5.41) is 11.8. The summed E-state index contributed by atoms with van der Waals surface area (Å²) >= 11 is 0. The maximum absolute atomic E-state index is 11.3. The third-order valence-electron chi connectivity index (χ3n) is 1.62. The van der Waals surface area contributed by atoms with E-state index in [1.807, 2.05) is 0 Å². The maximum atomic E-state index is 11.3. The van der Waals surface area contributed by atoms with Crippen molar-refractivity contribution in [2.24, 2.45) is 14.1 Å². The molecule has 0 saturated carbocycles. The number of rotatable bonds is 3. The fraction of sp³-hybridized carbons (Fsp3) is 0.429. The van der Waals surface area contributed by atoms with Crippen LogP contribution in [0.4, 0.5) is 0 Å². The minimum Gasteiger partial charge on any atom is -0.479 e. The van der Waals surface area contributed by atoms with E-state index in [1.54, 1.807) is 0 Å². The summed E-state index contributed by atoms with van der Waals surface area (Å²) in [4.78, 5) is 32.7. The number of aliphatic carboxylic acids is 1. The van der Waals surface area contributed by atoms with Gasteiger partial charge in [0.25, 0.3) is 5.88 Å². The lowest BCUT2D eigenvalue weighted by Crippen LogP contribution is -2.39. The molecule has 8 nitrogen and oxygen atoms in total. The molecule has 0 aromatic carbocycles. The van der Waals surface area contributed by atoms with E-state index in [2.05, 4.69) is 9.84 Å². The molecule has 0 radical (unpaired) electrons. The molecule has 0 unspecified atom stereocenters. The van der Waals surface area contributed by atoms with E-state index in [1.165, 1.54) is 14.1 Å². The van der Waals surface area contributed by atoms with Gasteiger partial charge in [-0.05, 0) is 0 Å². The van der Waals surface area contributed by atoms with Gasteiger partial charge in [0.05, 0.1) is 0 Å². The largest absolute Gasteiger partial charge is 0.479 e. The van der Waals surface area contributed by atoms with Gasteiger partial charge in [0, 0.05) is 14.1 Å². The number of carbonyl (C=O) groups is 1. The van der Waals surface area contributed by atoms with Gasteiger partial charge in [-0.3, -0.25) is 9.36 Å². The molecule has 0 spiro atoms. The highest BCUT2D eigenvalue weighted by Crippen LogP contribution is 1.91.